The molecule has 0 radical (unpaired) electrons. The van der Waals surface area contributed by atoms with Crippen LogP contribution in [0.15, 0.2) is 77.7 Å². The number of rotatable bonds is 6. The summed E-state index contributed by atoms with van der Waals surface area (Å²) in [4.78, 5) is 12.4. The van der Waals surface area contributed by atoms with Crippen molar-refractivity contribution in [2.75, 3.05) is 6.26 Å². The van der Waals surface area contributed by atoms with E-state index in [-0.39, 0.29) is 10.7 Å². The Labute approximate surface area is 159 Å². The van der Waals surface area contributed by atoms with Gasteiger partial charge in [-0.3, -0.25) is 4.79 Å². The average Bonchev–Trinajstić information content (AvgIpc) is 2.66. The fraction of sp³-hybridized carbons (Fsp3) is 0.136. The fourth-order valence-corrected chi connectivity index (χ4v) is 3.37. The summed E-state index contributed by atoms with van der Waals surface area (Å²) >= 11 is 0. The van der Waals surface area contributed by atoms with Gasteiger partial charge in [0.15, 0.2) is 15.6 Å². The first-order chi connectivity index (χ1) is 12.8. The quantitative estimate of drug-likeness (QED) is 0.589. The van der Waals surface area contributed by atoms with Crippen LogP contribution in [-0.2, 0) is 16.4 Å². The summed E-state index contributed by atoms with van der Waals surface area (Å²) in [5.74, 6) is 0.440. The van der Waals surface area contributed by atoms with Crippen LogP contribution in [0.25, 0.3) is 11.1 Å². The lowest BCUT2D eigenvalue weighted by molar-refractivity contribution is 0.101. The molecule has 0 heterocycles. The summed E-state index contributed by atoms with van der Waals surface area (Å²) in [6.45, 7) is 1.88. The molecule has 0 atom stereocenters. The van der Waals surface area contributed by atoms with Crippen molar-refractivity contribution in [3.05, 3.63) is 83.9 Å². The molecule has 0 aliphatic carbocycles. The highest BCUT2D eigenvalue weighted by molar-refractivity contribution is 7.90. The predicted molar refractivity (Wildman–Crippen MR) is 106 cm³/mol. The zero-order valence-electron chi connectivity index (χ0n) is 15.2. The second-order valence-corrected chi connectivity index (χ2v) is 8.35. The molecule has 0 unspecified atom stereocenters. The van der Waals surface area contributed by atoms with Crippen LogP contribution in [0.4, 0.5) is 0 Å². The highest BCUT2D eigenvalue weighted by atomic mass is 32.2. The second kappa shape index (κ2) is 7.76. The second-order valence-electron chi connectivity index (χ2n) is 6.34. The molecule has 0 aliphatic heterocycles. The van der Waals surface area contributed by atoms with E-state index in [9.17, 15) is 13.2 Å². The summed E-state index contributed by atoms with van der Waals surface area (Å²) in [5.41, 5.74) is 3.18. The average molecular weight is 380 g/mol. The number of Topliss-reactive ketones (excluding diaryl/α,β-unsaturated/α-hetero) is 1. The van der Waals surface area contributed by atoms with Crippen molar-refractivity contribution in [3.63, 3.8) is 0 Å². The molecule has 27 heavy (non-hydrogen) atoms. The Balaban J connectivity index is 1.88. The molecule has 0 aromatic heterocycles. The van der Waals surface area contributed by atoms with Gasteiger partial charge in [0.1, 0.15) is 12.4 Å². The first kappa shape index (κ1) is 18.9. The van der Waals surface area contributed by atoms with Gasteiger partial charge in [0.05, 0.1) is 10.5 Å². The van der Waals surface area contributed by atoms with Crippen LogP contribution in [0.2, 0.25) is 0 Å². The van der Waals surface area contributed by atoms with Gasteiger partial charge in [-0.05, 0) is 47.9 Å². The summed E-state index contributed by atoms with van der Waals surface area (Å²) < 4.78 is 29.0. The third-order valence-electron chi connectivity index (χ3n) is 4.21. The van der Waals surface area contributed by atoms with E-state index in [0.29, 0.717) is 17.9 Å². The number of ether oxygens (including phenoxy) is 1. The predicted octanol–water partition coefficient (Wildman–Crippen LogP) is 4.54. The van der Waals surface area contributed by atoms with Crippen molar-refractivity contribution in [2.24, 2.45) is 0 Å². The van der Waals surface area contributed by atoms with Crippen molar-refractivity contribution < 1.29 is 17.9 Å². The highest BCUT2D eigenvalue weighted by Gasteiger charge is 2.12. The summed E-state index contributed by atoms with van der Waals surface area (Å²) in [6.07, 6.45) is 1.18. The molecular weight excluding hydrogens is 360 g/mol. The molecule has 3 aromatic carbocycles. The van der Waals surface area contributed by atoms with Gasteiger partial charge in [0.25, 0.3) is 0 Å². The third kappa shape index (κ3) is 4.63. The summed E-state index contributed by atoms with van der Waals surface area (Å²) in [7, 11) is -3.24. The minimum atomic E-state index is -3.24. The van der Waals surface area contributed by atoms with E-state index in [1.807, 2.05) is 36.4 Å². The number of carbonyl (C=O) groups is 1. The molecule has 4 nitrogen and oxygen atoms in total. The number of sulfone groups is 1. The number of hydrogen-bond donors (Lipinski definition) is 0. The largest absolute Gasteiger partial charge is 0.488 e. The van der Waals surface area contributed by atoms with Crippen molar-refractivity contribution in [1.29, 1.82) is 0 Å². The number of ketones is 1. The van der Waals surface area contributed by atoms with Crippen LogP contribution in [0, 0.1) is 0 Å². The lowest BCUT2D eigenvalue weighted by Crippen LogP contribution is -2.02. The molecular formula is C22H20O4S. The summed E-state index contributed by atoms with van der Waals surface area (Å²) in [5, 5.41) is 0. The molecule has 0 aliphatic rings. The number of hydrogen-bond acceptors (Lipinski definition) is 4. The van der Waals surface area contributed by atoms with E-state index >= 15 is 0 Å². The van der Waals surface area contributed by atoms with E-state index in [4.69, 9.17) is 4.74 Å². The van der Waals surface area contributed by atoms with Gasteiger partial charge < -0.3 is 4.74 Å². The molecule has 0 fully saturated rings. The van der Waals surface area contributed by atoms with Gasteiger partial charge in [-0.2, -0.15) is 0 Å². The molecule has 3 rings (SSSR count). The minimum absolute atomic E-state index is 0.0901. The Morgan fingerprint density at radius 2 is 1.52 bits per heavy atom. The molecule has 0 spiro atoms. The highest BCUT2D eigenvalue weighted by Crippen LogP contribution is 2.28. The van der Waals surface area contributed by atoms with Crippen molar-refractivity contribution in [3.8, 4) is 16.9 Å². The van der Waals surface area contributed by atoms with Crippen molar-refractivity contribution in [2.45, 2.75) is 18.4 Å². The molecule has 0 saturated heterocycles. The van der Waals surface area contributed by atoms with Crippen molar-refractivity contribution in [1.82, 2.24) is 0 Å². The van der Waals surface area contributed by atoms with Gasteiger partial charge >= 0.3 is 0 Å². The molecule has 0 saturated carbocycles. The normalized spacial score (nSPS) is 11.2. The Morgan fingerprint density at radius 1 is 0.889 bits per heavy atom. The van der Waals surface area contributed by atoms with Crippen molar-refractivity contribution >= 4 is 15.6 Å². The standard InChI is InChI=1S/C22H20O4S/c1-16(23)21-14-19(18-8-11-20(12-9-18)27(2,24)25)10-13-22(21)26-15-17-6-4-3-5-7-17/h3-14H,15H2,1-2H3. The zero-order chi connectivity index (χ0) is 19.4. The van der Waals surface area contributed by atoms with Crippen LogP contribution < -0.4 is 4.74 Å². The lowest BCUT2D eigenvalue weighted by Gasteiger charge is -2.12. The number of carbonyl (C=O) groups excluding carboxylic acids is 1. The Bertz CT molecular complexity index is 1050. The smallest absolute Gasteiger partial charge is 0.175 e. The lowest BCUT2D eigenvalue weighted by atomic mass is 10.0. The summed E-state index contributed by atoms with van der Waals surface area (Å²) in [6, 6.07) is 21.8. The molecule has 138 valence electrons. The molecule has 5 heteroatoms. The van der Waals surface area contributed by atoms with E-state index in [1.54, 1.807) is 36.4 Å². The Kier molecular flexibility index (Phi) is 5.42. The minimum Gasteiger partial charge on any atom is -0.488 e. The Hall–Kier alpha value is -2.92. The fourth-order valence-electron chi connectivity index (χ4n) is 2.74. The SMILES string of the molecule is CC(=O)c1cc(-c2ccc(S(C)(=O)=O)cc2)ccc1OCc1ccccc1. The molecule has 0 N–H and O–H groups in total. The number of benzene rings is 3. The molecule has 0 bridgehead atoms. The van der Waals surface area contributed by atoms with E-state index in [2.05, 4.69) is 0 Å². The van der Waals surface area contributed by atoms with Crippen LogP contribution in [0.3, 0.4) is 0 Å². The Morgan fingerprint density at radius 3 is 2.11 bits per heavy atom. The van der Waals surface area contributed by atoms with Gasteiger partial charge in [-0.1, -0.05) is 48.5 Å². The van der Waals surface area contributed by atoms with Crippen LogP contribution in [0.5, 0.6) is 5.75 Å². The topological polar surface area (TPSA) is 60.4 Å². The van der Waals surface area contributed by atoms with Gasteiger partial charge in [-0.15, -0.1) is 0 Å². The first-order valence-corrected chi connectivity index (χ1v) is 10.4. The van der Waals surface area contributed by atoms with Gasteiger partial charge in [-0.25, -0.2) is 8.42 Å². The maximum Gasteiger partial charge on any atom is 0.175 e. The van der Waals surface area contributed by atoms with E-state index < -0.39 is 9.84 Å². The molecule has 0 amide bonds. The zero-order valence-corrected chi connectivity index (χ0v) is 16.0. The third-order valence-corrected chi connectivity index (χ3v) is 5.34. The van der Waals surface area contributed by atoms with Crippen LogP contribution >= 0.6 is 0 Å². The maximum absolute atomic E-state index is 12.1. The molecule has 3 aromatic rings. The van der Waals surface area contributed by atoms with E-state index in [0.717, 1.165) is 16.7 Å². The van der Waals surface area contributed by atoms with Crippen LogP contribution in [0.1, 0.15) is 22.8 Å². The van der Waals surface area contributed by atoms with Gasteiger partial charge in [0, 0.05) is 6.26 Å². The van der Waals surface area contributed by atoms with Gasteiger partial charge in [0.2, 0.25) is 0 Å². The first-order valence-electron chi connectivity index (χ1n) is 8.47. The van der Waals surface area contributed by atoms with Crippen LogP contribution in [-0.4, -0.2) is 20.5 Å². The van der Waals surface area contributed by atoms with E-state index in [1.165, 1.54) is 13.2 Å². The monoisotopic (exact) mass is 380 g/mol. The maximum atomic E-state index is 12.1.